The summed E-state index contributed by atoms with van der Waals surface area (Å²) >= 11 is 1.46. The molecule has 0 saturated carbocycles. The fraction of sp³-hybridized carbons (Fsp3) is 0.500. The number of carbonyl (C=O) groups is 2. The van der Waals surface area contributed by atoms with E-state index in [4.69, 9.17) is 4.74 Å². The van der Waals surface area contributed by atoms with Crippen molar-refractivity contribution in [2.75, 3.05) is 18.9 Å². The second-order valence-electron chi connectivity index (χ2n) is 4.47. The maximum absolute atomic E-state index is 12.2. The minimum atomic E-state index is -0.402. The third-order valence-electron chi connectivity index (χ3n) is 3.14. The molecule has 1 aliphatic rings. The molecular formula is C14H18N2O3S. The molecule has 108 valence electrons. The van der Waals surface area contributed by atoms with Gasteiger partial charge in [0.25, 0.3) is 0 Å². The van der Waals surface area contributed by atoms with Gasteiger partial charge >= 0.3 is 5.97 Å². The number of pyridine rings is 1. The van der Waals surface area contributed by atoms with Crippen LogP contribution in [0.15, 0.2) is 29.4 Å². The lowest BCUT2D eigenvalue weighted by Crippen LogP contribution is -2.42. The maximum Gasteiger partial charge on any atom is 0.328 e. The van der Waals surface area contributed by atoms with E-state index < -0.39 is 6.04 Å². The lowest BCUT2D eigenvalue weighted by Gasteiger charge is -2.22. The molecule has 5 nitrogen and oxygen atoms in total. The summed E-state index contributed by atoms with van der Waals surface area (Å²) in [6.45, 7) is 2.76. The second-order valence-corrected chi connectivity index (χ2v) is 5.52. The summed E-state index contributed by atoms with van der Waals surface area (Å²) in [7, 11) is 0. The monoisotopic (exact) mass is 294 g/mol. The first-order valence-corrected chi connectivity index (χ1v) is 7.70. The van der Waals surface area contributed by atoms with Crippen molar-refractivity contribution in [1.82, 2.24) is 9.88 Å². The first-order chi connectivity index (χ1) is 9.72. The number of carbonyl (C=O) groups excluding carboxylic acids is 2. The van der Waals surface area contributed by atoms with Gasteiger partial charge in [0.1, 0.15) is 6.04 Å². The van der Waals surface area contributed by atoms with Gasteiger partial charge in [-0.1, -0.05) is 0 Å². The van der Waals surface area contributed by atoms with Gasteiger partial charge in [-0.3, -0.25) is 9.78 Å². The standard InChI is InChI=1S/C14H18N2O3S/c1-2-19-14(18)12-4-3-9-16(12)13(17)10-20-11-5-7-15-8-6-11/h5-8,12H,2-4,9-10H2,1H3. The van der Waals surface area contributed by atoms with Gasteiger partial charge in [-0.05, 0) is 31.9 Å². The molecule has 1 atom stereocenters. The Bertz CT molecular complexity index is 467. The molecule has 2 rings (SSSR count). The Morgan fingerprint density at radius 2 is 2.20 bits per heavy atom. The van der Waals surface area contributed by atoms with Crippen LogP contribution in [0.2, 0.25) is 0 Å². The van der Waals surface area contributed by atoms with Gasteiger partial charge in [0.05, 0.1) is 12.4 Å². The van der Waals surface area contributed by atoms with Crippen LogP contribution in [-0.2, 0) is 14.3 Å². The van der Waals surface area contributed by atoms with Crippen LogP contribution in [0.5, 0.6) is 0 Å². The summed E-state index contributed by atoms with van der Waals surface area (Å²) in [6.07, 6.45) is 4.95. The molecule has 1 amide bonds. The van der Waals surface area contributed by atoms with E-state index in [9.17, 15) is 9.59 Å². The van der Waals surface area contributed by atoms with E-state index >= 15 is 0 Å². The number of amides is 1. The molecule has 0 bridgehead atoms. The van der Waals surface area contributed by atoms with E-state index in [0.29, 0.717) is 25.3 Å². The Hall–Kier alpha value is -1.56. The largest absolute Gasteiger partial charge is 0.464 e. The van der Waals surface area contributed by atoms with Gasteiger partial charge in [-0.15, -0.1) is 11.8 Å². The van der Waals surface area contributed by atoms with Crippen LogP contribution in [-0.4, -0.2) is 46.7 Å². The van der Waals surface area contributed by atoms with Gasteiger partial charge in [0.15, 0.2) is 0 Å². The van der Waals surface area contributed by atoms with Crippen molar-refractivity contribution < 1.29 is 14.3 Å². The highest BCUT2D eigenvalue weighted by molar-refractivity contribution is 8.00. The Labute approximate surface area is 122 Å². The van der Waals surface area contributed by atoms with Crippen LogP contribution in [0.3, 0.4) is 0 Å². The third-order valence-corrected chi connectivity index (χ3v) is 4.14. The molecule has 1 aromatic heterocycles. The first-order valence-electron chi connectivity index (χ1n) is 6.71. The molecule has 1 aliphatic heterocycles. The van der Waals surface area contributed by atoms with Crippen molar-refractivity contribution in [3.05, 3.63) is 24.5 Å². The van der Waals surface area contributed by atoms with E-state index in [2.05, 4.69) is 4.98 Å². The number of rotatable bonds is 5. The van der Waals surface area contributed by atoms with Crippen LogP contribution in [0, 0.1) is 0 Å². The zero-order valence-electron chi connectivity index (χ0n) is 11.4. The van der Waals surface area contributed by atoms with Gasteiger partial charge in [0, 0.05) is 23.8 Å². The van der Waals surface area contributed by atoms with Crippen molar-refractivity contribution in [3.63, 3.8) is 0 Å². The van der Waals surface area contributed by atoms with Crippen molar-refractivity contribution in [3.8, 4) is 0 Å². The van der Waals surface area contributed by atoms with Crippen LogP contribution < -0.4 is 0 Å². The quantitative estimate of drug-likeness (QED) is 0.611. The minimum Gasteiger partial charge on any atom is -0.464 e. The average molecular weight is 294 g/mol. The summed E-state index contributed by atoms with van der Waals surface area (Å²) in [4.78, 5) is 30.6. The molecule has 0 aliphatic carbocycles. The molecule has 1 unspecified atom stereocenters. The van der Waals surface area contributed by atoms with Gasteiger partial charge in [0.2, 0.25) is 5.91 Å². The predicted molar refractivity (Wildman–Crippen MR) is 76.3 cm³/mol. The molecule has 0 N–H and O–H groups in total. The number of ether oxygens (including phenoxy) is 1. The Balaban J connectivity index is 1.89. The normalized spacial score (nSPS) is 18.1. The second kappa shape index (κ2) is 7.28. The smallest absolute Gasteiger partial charge is 0.328 e. The summed E-state index contributed by atoms with van der Waals surface area (Å²) in [5.74, 6) is 0.0366. The van der Waals surface area contributed by atoms with E-state index in [-0.39, 0.29) is 11.9 Å². The molecule has 0 radical (unpaired) electrons. The van der Waals surface area contributed by atoms with Crippen LogP contribution in [0.25, 0.3) is 0 Å². The van der Waals surface area contributed by atoms with E-state index in [1.165, 1.54) is 11.8 Å². The SMILES string of the molecule is CCOC(=O)C1CCCN1C(=O)CSc1ccncc1. The van der Waals surface area contributed by atoms with Gasteiger partial charge < -0.3 is 9.64 Å². The van der Waals surface area contributed by atoms with Gasteiger partial charge in [-0.2, -0.15) is 0 Å². The third kappa shape index (κ3) is 3.72. The molecule has 0 aromatic carbocycles. The molecular weight excluding hydrogens is 276 g/mol. The highest BCUT2D eigenvalue weighted by atomic mass is 32.2. The predicted octanol–water partition coefficient (Wildman–Crippen LogP) is 1.73. The fourth-order valence-electron chi connectivity index (χ4n) is 2.21. The maximum atomic E-state index is 12.2. The number of esters is 1. The molecule has 6 heteroatoms. The first kappa shape index (κ1) is 14.8. The summed E-state index contributed by atoms with van der Waals surface area (Å²) in [5.41, 5.74) is 0. The molecule has 1 aromatic rings. The Morgan fingerprint density at radius 3 is 2.90 bits per heavy atom. The fourth-order valence-corrected chi connectivity index (χ4v) is 2.98. The van der Waals surface area contributed by atoms with E-state index in [0.717, 1.165) is 11.3 Å². The Kier molecular flexibility index (Phi) is 5.40. The van der Waals surface area contributed by atoms with Crippen molar-refractivity contribution >= 4 is 23.6 Å². The molecule has 1 saturated heterocycles. The number of nitrogens with zero attached hydrogens (tertiary/aromatic N) is 2. The van der Waals surface area contributed by atoms with Crippen LogP contribution in [0.1, 0.15) is 19.8 Å². The average Bonchev–Trinajstić information content (AvgIpc) is 2.96. The lowest BCUT2D eigenvalue weighted by atomic mass is 10.2. The number of hydrogen-bond acceptors (Lipinski definition) is 5. The minimum absolute atomic E-state index is 0.0117. The van der Waals surface area contributed by atoms with E-state index in [1.54, 1.807) is 24.2 Å². The molecule has 2 heterocycles. The topological polar surface area (TPSA) is 59.5 Å². The van der Waals surface area contributed by atoms with Crippen LogP contribution >= 0.6 is 11.8 Å². The molecule has 1 fully saturated rings. The highest BCUT2D eigenvalue weighted by Crippen LogP contribution is 2.22. The van der Waals surface area contributed by atoms with Gasteiger partial charge in [-0.25, -0.2) is 4.79 Å². The van der Waals surface area contributed by atoms with Crippen molar-refractivity contribution in [2.24, 2.45) is 0 Å². The number of hydrogen-bond donors (Lipinski definition) is 0. The van der Waals surface area contributed by atoms with Crippen LogP contribution in [0.4, 0.5) is 0 Å². The Morgan fingerprint density at radius 1 is 1.45 bits per heavy atom. The molecule has 20 heavy (non-hydrogen) atoms. The zero-order valence-corrected chi connectivity index (χ0v) is 12.3. The number of likely N-dealkylation sites (tertiary alicyclic amines) is 1. The summed E-state index contributed by atoms with van der Waals surface area (Å²) in [5, 5.41) is 0. The lowest BCUT2D eigenvalue weighted by molar-refractivity contribution is -0.152. The summed E-state index contributed by atoms with van der Waals surface area (Å²) in [6, 6.07) is 3.33. The molecule has 0 spiro atoms. The van der Waals surface area contributed by atoms with E-state index in [1.807, 2.05) is 12.1 Å². The number of thioether (sulfide) groups is 1. The number of aromatic nitrogens is 1. The van der Waals surface area contributed by atoms with Crippen molar-refractivity contribution in [1.29, 1.82) is 0 Å². The highest BCUT2D eigenvalue weighted by Gasteiger charge is 2.34. The summed E-state index contributed by atoms with van der Waals surface area (Å²) < 4.78 is 5.02. The zero-order chi connectivity index (χ0) is 14.4. The van der Waals surface area contributed by atoms with Crippen molar-refractivity contribution in [2.45, 2.75) is 30.7 Å².